The van der Waals surface area contributed by atoms with Gasteiger partial charge < -0.3 is 4.57 Å². The van der Waals surface area contributed by atoms with Crippen LogP contribution in [0.25, 0.3) is 0 Å². The first-order chi connectivity index (χ1) is 9.78. The van der Waals surface area contributed by atoms with Gasteiger partial charge in [0, 0.05) is 13.1 Å². The average molecular weight is 338 g/mol. The Bertz CT molecular complexity index is 765. The molecule has 1 aliphatic rings. The molecule has 0 saturated carbocycles. The van der Waals surface area contributed by atoms with Crippen molar-refractivity contribution >= 4 is 21.4 Å². The van der Waals surface area contributed by atoms with Crippen molar-refractivity contribution in [2.24, 2.45) is 0 Å². The van der Waals surface area contributed by atoms with Gasteiger partial charge in [0.15, 0.2) is 0 Å². The lowest BCUT2D eigenvalue weighted by Crippen LogP contribution is -2.37. The molecule has 6 nitrogen and oxygen atoms in total. The van der Waals surface area contributed by atoms with E-state index in [-0.39, 0.29) is 28.6 Å². The summed E-state index contributed by atoms with van der Waals surface area (Å²) in [6.45, 7) is 0.549. The van der Waals surface area contributed by atoms with Crippen molar-refractivity contribution in [3.05, 3.63) is 29.2 Å². The van der Waals surface area contributed by atoms with Gasteiger partial charge in [-0.25, -0.2) is 8.42 Å². The maximum atomic E-state index is 12.6. The molecule has 3 heterocycles. The van der Waals surface area contributed by atoms with E-state index in [1.54, 1.807) is 4.57 Å². The molecule has 114 valence electrons. The van der Waals surface area contributed by atoms with E-state index < -0.39 is 21.1 Å². The molecule has 0 amide bonds. The highest BCUT2D eigenvalue weighted by Gasteiger charge is 2.36. The molecule has 0 spiro atoms. The van der Waals surface area contributed by atoms with Gasteiger partial charge in [0.25, 0.3) is 10.0 Å². The van der Waals surface area contributed by atoms with Crippen LogP contribution in [0.15, 0.2) is 22.7 Å². The van der Waals surface area contributed by atoms with Gasteiger partial charge in [-0.3, -0.25) is 0 Å². The van der Waals surface area contributed by atoms with E-state index in [2.05, 4.69) is 10.2 Å². The predicted molar refractivity (Wildman–Crippen MR) is 66.9 cm³/mol. The van der Waals surface area contributed by atoms with Crippen LogP contribution in [0, 0.1) is 0 Å². The Hall–Kier alpha value is -1.46. The molecule has 2 aromatic heterocycles. The number of sulfonamides is 1. The fraction of sp³-hybridized carbons (Fsp3) is 0.400. The molecule has 21 heavy (non-hydrogen) atoms. The van der Waals surface area contributed by atoms with E-state index in [1.165, 1.54) is 6.33 Å². The van der Waals surface area contributed by atoms with Crippen LogP contribution in [0.3, 0.4) is 0 Å². The van der Waals surface area contributed by atoms with Gasteiger partial charge in [-0.2, -0.15) is 17.5 Å². The van der Waals surface area contributed by atoms with E-state index in [1.807, 2.05) is 0 Å². The molecule has 0 fully saturated rings. The number of halogens is 3. The van der Waals surface area contributed by atoms with Crippen molar-refractivity contribution in [1.29, 1.82) is 0 Å². The molecule has 0 unspecified atom stereocenters. The third-order valence-electron chi connectivity index (χ3n) is 3.06. The first-order valence-electron chi connectivity index (χ1n) is 5.82. The minimum absolute atomic E-state index is 0.00157. The minimum atomic E-state index is -4.54. The van der Waals surface area contributed by atoms with Gasteiger partial charge >= 0.3 is 6.18 Å². The van der Waals surface area contributed by atoms with Crippen molar-refractivity contribution < 1.29 is 21.6 Å². The summed E-state index contributed by atoms with van der Waals surface area (Å²) < 4.78 is 65.0. The molecule has 0 aliphatic carbocycles. The summed E-state index contributed by atoms with van der Waals surface area (Å²) in [6, 6.07) is 1.77. The topological polar surface area (TPSA) is 68.1 Å². The second-order valence-corrected chi connectivity index (χ2v) is 7.64. The first-order valence-corrected chi connectivity index (χ1v) is 8.08. The molecule has 1 aliphatic heterocycles. The Balaban J connectivity index is 1.90. The molecular weight excluding hydrogens is 329 g/mol. The zero-order chi connectivity index (χ0) is 15.3. The van der Waals surface area contributed by atoms with E-state index >= 15 is 0 Å². The van der Waals surface area contributed by atoms with Crippen molar-refractivity contribution in [2.75, 3.05) is 6.54 Å². The van der Waals surface area contributed by atoms with Crippen LogP contribution in [0.4, 0.5) is 13.2 Å². The average Bonchev–Trinajstić information content (AvgIpc) is 3.06. The summed E-state index contributed by atoms with van der Waals surface area (Å²) in [5, 5.41) is 7.46. The predicted octanol–water partition coefficient (Wildman–Crippen LogP) is 1.56. The molecule has 2 aromatic rings. The lowest BCUT2D eigenvalue weighted by Gasteiger charge is -2.25. The van der Waals surface area contributed by atoms with Crippen molar-refractivity contribution in [3.63, 3.8) is 0 Å². The Morgan fingerprint density at radius 2 is 2.00 bits per heavy atom. The minimum Gasteiger partial charge on any atom is -0.315 e. The number of nitrogens with zero attached hydrogens (tertiary/aromatic N) is 4. The normalized spacial score (nSPS) is 16.9. The second kappa shape index (κ2) is 4.78. The van der Waals surface area contributed by atoms with Crippen molar-refractivity contribution in [1.82, 2.24) is 19.1 Å². The first kappa shape index (κ1) is 14.5. The van der Waals surface area contributed by atoms with Crippen LogP contribution in [0.1, 0.15) is 10.7 Å². The van der Waals surface area contributed by atoms with Crippen LogP contribution in [0.5, 0.6) is 0 Å². The summed E-state index contributed by atoms with van der Waals surface area (Å²) in [5.74, 6) is 0.470. The van der Waals surface area contributed by atoms with Gasteiger partial charge in [0.05, 0.1) is 6.54 Å². The van der Waals surface area contributed by atoms with Crippen molar-refractivity contribution in [3.8, 4) is 0 Å². The largest absolute Gasteiger partial charge is 0.425 e. The number of alkyl halides is 3. The molecular formula is C10H9F3N4O2S2. The van der Waals surface area contributed by atoms with Gasteiger partial charge in [-0.15, -0.1) is 21.5 Å². The maximum Gasteiger partial charge on any atom is 0.425 e. The third kappa shape index (κ3) is 2.56. The van der Waals surface area contributed by atoms with Crippen LogP contribution < -0.4 is 0 Å². The Kier molecular flexibility index (Phi) is 3.30. The Morgan fingerprint density at radius 3 is 2.67 bits per heavy atom. The Morgan fingerprint density at radius 1 is 1.24 bits per heavy atom. The summed E-state index contributed by atoms with van der Waals surface area (Å²) in [6.07, 6.45) is -3.05. The van der Waals surface area contributed by atoms with Crippen LogP contribution in [0.2, 0.25) is 0 Å². The number of thiophene rings is 1. The molecule has 0 aromatic carbocycles. The summed E-state index contributed by atoms with van der Waals surface area (Å²) in [7, 11) is -3.95. The summed E-state index contributed by atoms with van der Waals surface area (Å²) in [4.78, 5) is -0.929. The molecule has 11 heteroatoms. The van der Waals surface area contributed by atoms with E-state index in [0.717, 1.165) is 16.4 Å². The lowest BCUT2D eigenvalue weighted by atomic mass is 10.4. The SMILES string of the molecule is O=S(=O)(c1ccc(C(F)(F)F)s1)N1CCn2cnnc2C1. The number of hydrogen-bond acceptors (Lipinski definition) is 5. The maximum absolute atomic E-state index is 12.6. The monoisotopic (exact) mass is 338 g/mol. The zero-order valence-corrected chi connectivity index (χ0v) is 12.0. The molecule has 3 rings (SSSR count). The Labute approximate surface area is 121 Å². The standard InChI is InChI=1S/C10H9F3N4O2S2/c11-10(12,13)7-1-2-9(20-7)21(18,19)17-4-3-16-6-14-15-8(16)5-17/h1-2,6H,3-5H2. The van der Waals surface area contributed by atoms with Crippen molar-refractivity contribution in [2.45, 2.75) is 23.5 Å². The van der Waals surface area contributed by atoms with Gasteiger partial charge in [0.2, 0.25) is 0 Å². The number of fused-ring (bicyclic) bond motifs is 1. The molecule has 0 atom stereocenters. The van der Waals surface area contributed by atoms with Crippen LogP contribution in [-0.4, -0.2) is 34.0 Å². The summed E-state index contributed by atoms with van der Waals surface area (Å²) >= 11 is 0.226. The second-order valence-electron chi connectivity index (χ2n) is 4.40. The van der Waals surface area contributed by atoms with E-state index in [4.69, 9.17) is 0 Å². The molecule has 0 bridgehead atoms. The third-order valence-corrected chi connectivity index (χ3v) is 6.50. The van der Waals surface area contributed by atoms with Gasteiger partial charge in [0.1, 0.15) is 21.2 Å². The number of rotatable bonds is 2. The highest BCUT2D eigenvalue weighted by atomic mass is 32.2. The quantitative estimate of drug-likeness (QED) is 0.833. The zero-order valence-electron chi connectivity index (χ0n) is 10.4. The van der Waals surface area contributed by atoms with E-state index in [9.17, 15) is 21.6 Å². The van der Waals surface area contributed by atoms with Crippen LogP contribution in [-0.2, 0) is 29.3 Å². The number of hydrogen-bond donors (Lipinski definition) is 0. The lowest BCUT2D eigenvalue weighted by molar-refractivity contribution is -0.134. The smallest absolute Gasteiger partial charge is 0.315 e. The summed E-state index contributed by atoms with van der Waals surface area (Å²) in [5.41, 5.74) is 0. The molecule has 0 radical (unpaired) electrons. The molecule has 0 saturated heterocycles. The highest BCUT2D eigenvalue weighted by molar-refractivity contribution is 7.91. The van der Waals surface area contributed by atoms with Gasteiger partial charge in [-0.05, 0) is 12.1 Å². The fourth-order valence-electron chi connectivity index (χ4n) is 1.99. The number of aromatic nitrogens is 3. The fourth-order valence-corrected chi connectivity index (χ4v) is 4.70. The van der Waals surface area contributed by atoms with Gasteiger partial charge in [-0.1, -0.05) is 0 Å². The molecule has 0 N–H and O–H groups in total. The van der Waals surface area contributed by atoms with Crippen LogP contribution >= 0.6 is 11.3 Å². The van der Waals surface area contributed by atoms with E-state index in [0.29, 0.717) is 12.4 Å². The highest BCUT2D eigenvalue weighted by Crippen LogP contribution is 2.37.